The fourth-order valence-corrected chi connectivity index (χ4v) is 11.1. The van der Waals surface area contributed by atoms with Crippen molar-refractivity contribution in [3.63, 3.8) is 0 Å². The van der Waals surface area contributed by atoms with Crippen LogP contribution in [-0.4, -0.2) is 96.8 Å². The highest BCUT2D eigenvalue weighted by molar-refractivity contribution is 5.73. The van der Waals surface area contributed by atoms with Crippen molar-refractivity contribution < 1.29 is 57.6 Å². The third-order valence-electron chi connectivity index (χ3n) is 14.9. The molecule has 350 valence electrons. The van der Waals surface area contributed by atoms with Crippen molar-refractivity contribution in [2.24, 2.45) is 0 Å². The second-order valence-electron chi connectivity index (χ2n) is 18.9. The van der Waals surface area contributed by atoms with Gasteiger partial charge in [0, 0.05) is 44.1 Å². The Morgan fingerprint density at radius 1 is 0.646 bits per heavy atom. The zero-order valence-corrected chi connectivity index (χ0v) is 39.5. The SMILES string of the molecule is CCCCCCC(C(=O)O)[N+]1(C)CCc2cc(OC)c3cc2C1Cc1ccc(cc1)Oc1cc(ccc1OC)CC1c2c(cc(OC)c(O)c2O3)CC[N+]1(C)C(CCCCCC)C(=O)O. The Labute approximate surface area is 384 Å². The molecule has 8 rings (SSSR count). The number of aromatic hydroxyl groups is 1. The predicted molar refractivity (Wildman–Crippen MR) is 250 cm³/mol. The van der Waals surface area contributed by atoms with Gasteiger partial charge in [0.1, 0.15) is 17.8 Å². The molecule has 0 amide bonds. The molecule has 6 unspecified atom stereocenters. The van der Waals surface area contributed by atoms with Crippen LogP contribution >= 0.6 is 0 Å². The number of aliphatic carboxylic acids is 2. The lowest BCUT2D eigenvalue weighted by atomic mass is 9.83. The van der Waals surface area contributed by atoms with E-state index in [1.165, 1.54) is 7.11 Å². The van der Waals surface area contributed by atoms with Crippen LogP contribution in [0.2, 0.25) is 0 Å². The minimum absolute atomic E-state index is 0.175. The Morgan fingerprint density at radius 2 is 1.18 bits per heavy atom. The fourth-order valence-electron chi connectivity index (χ4n) is 11.1. The number of rotatable bonds is 17. The number of ether oxygens (including phenoxy) is 5. The molecule has 6 bridgehead atoms. The average molecular weight is 895 g/mol. The molecule has 0 spiro atoms. The number of nitrogens with zero attached hydrogens (tertiary/aromatic N) is 2. The first kappa shape index (κ1) is 47.5. The van der Waals surface area contributed by atoms with Crippen LogP contribution in [0.4, 0.5) is 0 Å². The number of unbranched alkanes of at least 4 members (excludes halogenated alkanes) is 6. The van der Waals surface area contributed by atoms with Crippen LogP contribution in [-0.2, 0) is 35.3 Å². The first-order valence-electron chi connectivity index (χ1n) is 23.7. The molecular formula is C53H70N2O10+2. The van der Waals surface area contributed by atoms with Gasteiger partial charge in [0.25, 0.3) is 0 Å². The highest BCUT2D eigenvalue weighted by atomic mass is 16.5. The normalized spacial score (nSPS) is 22.0. The molecule has 0 saturated heterocycles. The predicted octanol–water partition coefficient (Wildman–Crippen LogP) is 10.7. The molecule has 0 aromatic heterocycles. The minimum atomic E-state index is -0.858. The van der Waals surface area contributed by atoms with Crippen molar-refractivity contribution in [2.45, 2.75) is 128 Å². The molecular weight excluding hydrogens is 825 g/mol. The standard InChI is InChI=1S/C53H68N2O10/c1-8-10-12-14-16-40(52(57)58)54(3)26-24-36-31-45(62-6)47-33-39(36)42(54)28-34-18-21-38(22-19-34)64-46-30-35(20-23-44(46)61-5)29-43-49-37(32-48(63-7)50(56)51(49)65-47)25-27-55(43,4)41(53(59)60)17-15-13-11-9-2/h18-23,30-33,40-43H,8-17,24-29H2,1-7H3,(H-2,56,57,58,59,60)/p+2. The smallest absolute Gasteiger partial charge is 0.362 e. The summed E-state index contributed by atoms with van der Waals surface area (Å²) in [6.45, 7) is 5.46. The lowest BCUT2D eigenvalue weighted by Crippen LogP contribution is -2.61. The number of phenols is 1. The minimum Gasteiger partial charge on any atom is -0.502 e. The molecule has 4 aromatic rings. The van der Waals surface area contributed by atoms with Crippen LogP contribution in [0.5, 0.6) is 46.0 Å². The number of methoxy groups -OCH3 is 3. The summed E-state index contributed by atoms with van der Waals surface area (Å²) in [6, 6.07) is 17.5. The Morgan fingerprint density at radius 3 is 1.77 bits per heavy atom. The van der Waals surface area contributed by atoms with E-state index in [9.17, 15) is 24.9 Å². The molecule has 65 heavy (non-hydrogen) atoms. The van der Waals surface area contributed by atoms with Gasteiger partial charge in [-0.2, -0.15) is 0 Å². The fraction of sp³-hybridized carbons (Fsp3) is 0.509. The molecule has 4 aromatic carbocycles. The van der Waals surface area contributed by atoms with Crippen molar-refractivity contribution in [1.29, 1.82) is 0 Å². The summed E-state index contributed by atoms with van der Waals surface area (Å²) in [5, 5.41) is 34.4. The summed E-state index contributed by atoms with van der Waals surface area (Å²) in [4.78, 5) is 26.9. The van der Waals surface area contributed by atoms with E-state index >= 15 is 0 Å². The van der Waals surface area contributed by atoms with Gasteiger partial charge in [-0.25, -0.2) is 9.59 Å². The van der Waals surface area contributed by atoms with Crippen LogP contribution in [0.3, 0.4) is 0 Å². The summed E-state index contributed by atoms with van der Waals surface area (Å²) in [6.07, 6.45) is 10.9. The molecule has 12 heteroatoms. The topological polar surface area (TPSA) is 141 Å². The van der Waals surface area contributed by atoms with Crippen LogP contribution in [0.15, 0.2) is 60.7 Å². The largest absolute Gasteiger partial charge is 0.502 e. The zero-order chi connectivity index (χ0) is 46.5. The summed E-state index contributed by atoms with van der Waals surface area (Å²) >= 11 is 0. The van der Waals surface area contributed by atoms with Gasteiger partial charge >= 0.3 is 11.9 Å². The van der Waals surface area contributed by atoms with Gasteiger partial charge in [-0.05, 0) is 77.6 Å². The first-order chi connectivity index (χ1) is 31.3. The maximum absolute atomic E-state index is 13.5. The van der Waals surface area contributed by atoms with Gasteiger partial charge in [0.15, 0.2) is 46.6 Å². The number of phenolic OH excluding ortho intramolecular Hbond substituents is 1. The molecule has 0 fully saturated rings. The number of carboxylic acids is 2. The van der Waals surface area contributed by atoms with Crippen molar-refractivity contribution in [3.05, 3.63) is 94.0 Å². The monoisotopic (exact) mass is 895 g/mol. The number of fused-ring (bicyclic) bond motifs is 2. The van der Waals surface area contributed by atoms with Crippen LogP contribution in [0.1, 0.15) is 124 Å². The van der Waals surface area contributed by atoms with E-state index in [1.54, 1.807) is 14.2 Å². The number of quaternary nitrogens is 2. The molecule has 0 saturated carbocycles. The second-order valence-corrected chi connectivity index (χ2v) is 18.9. The Kier molecular flexibility index (Phi) is 14.9. The lowest BCUT2D eigenvalue weighted by Gasteiger charge is -2.49. The molecule has 12 nitrogen and oxygen atoms in total. The second kappa shape index (κ2) is 20.4. The van der Waals surface area contributed by atoms with Crippen molar-refractivity contribution in [1.82, 2.24) is 0 Å². The molecule has 0 radical (unpaired) electrons. The van der Waals surface area contributed by atoms with Crippen molar-refractivity contribution in [3.8, 4) is 46.0 Å². The number of likely N-dealkylation sites (N-methyl/N-ethyl adjacent to an activating group) is 2. The molecule has 4 aliphatic rings. The van der Waals surface area contributed by atoms with E-state index in [-0.39, 0.29) is 27.8 Å². The Balaban J connectivity index is 1.48. The van der Waals surface area contributed by atoms with E-state index in [4.69, 9.17) is 23.7 Å². The van der Waals surface area contributed by atoms with Gasteiger partial charge in [-0.3, -0.25) is 0 Å². The van der Waals surface area contributed by atoms with Gasteiger partial charge < -0.3 is 48.0 Å². The van der Waals surface area contributed by atoms with E-state index in [0.717, 1.165) is 79.2 Å². The summed E-state index contributed by atoms with van der Waals surface area (Å²) in [7, 11) is 8.85. The Hall–Kier alpha value is -5.46. The molecule has 4 heterocycles. The Bertz CT molecular complexity index is 2330. The molecule has 0 aliphatic carbocycles. The zero-order valence-electron chi connectivity index (χ0n) is 39.5. The van der Waals surface area contributed by atoms with Crippen LogP contribution in [0.25, 0.3) is 0 Å². The lowest BCUT2D eigenvalue weighted by molar-refractivity contribution is -0.956. The van der Waals surface area contributed by atoms with Gasteiger partial charge in [0.2, 0.25) is 5.75 Å². The van der Waals surface area contributed by atoms with Gasteiger partial charge in [0.05, 0.1) is 54.1 Å². The van der Waals surface area contributed by atoms with Crippen molar-refractivity contribution >= 4 is 11.9 Å². The van der Waals surface area contributed by atoms with E-state index in [1.807, 2.05) is 67.7 Å². The van der Waals surface area contributed by atoms with Gasteiger partial charge in [-0.15, -0.1) is 0 Å². The van der Waals surface area contributed by atoms with Crippen LogP contribution in [0, 0.1) is 0 Å². The summed E-state index contributed by atoms with van der Waals surface area (Å²) in [5.41, 5.74) is 5.54. The summed E-state index contributed by atoms with van der Waals surface area (Å²) < 4.78 is 31.9. The third-order valence-corrected chi connectivity index (χ3v) is 14.9. The maximum Gasteiger partial charge on any atom is 0.362 e. The van der Waals surface area contributed by atoms with Crippen molar-refractivity contribution in [2.75, 3.05) is 48.5 Å². The van der Waals surface area contributed by atoms with E-state index in [2.05, 4.69) is 20.9 Å². The highest BCUT2D eigenvalue weighted by Gasteiger charge is 2.51. The third kappa shape index (κ3) is 9.61. The maximum atomic E-state index is 13.5. The molecule has 3 N–H and O–H groups in total. The van der Waals surface area contributed by atoms with E-state index in [0.29, 0.717) is 90.4 Å². The number of benzene rings is 4. The number of hydrogen-bond donors (Lipinski definition) is 3. The van der Waals surface area contributed by atoms with Crippen LogP contribution < -0.4 is 23.7 Å². The number of carbonyl (C=O) groups is 2. The number of hydrogen-bond acceptors (Lipinski definition) is 8. The summed E-state index contributed by atoms with van der Waals surface area (Å²) in [5.74, 6) is 1.11. The first-order valence-corrected chi connectivity index (χ1v) is 23.7. The molecule has 4 aliphatic heterocycles. The van der Waals surface area contributed by atoms with Gasteiger partial charge in [-0.1, -0.05) is 70.6 Å². The quantitative estimate of drug-likeness (QED) is 0.0693. The number of carboxylic acid groups (broad SMARTS) is 2. The molecule has 6 atom stereocenters. The van der Waals surface area contributed by atoms with E-state index < -0.39 is 30.1 Å². The average Bonchev–Trinajstić information content (AvgIpc) is 3.29. The highest BCUT2D eigenvalue weighted by Crippen LogP contribution is 2.54.